The molecule has 1 aromatic heterocycles. The van der Waals surface area contributed by atoms with E-state index in [1.165, 1.54) is 25.1 Å². The van der Waals surface area contributed by atoms with Gasteiger partial charge in [-0.2, -0.15) is 13.2 Å². The number of hydrogen-bond donors (Lipinski definition) is 1. The van der Waals surface area contributed by atoms with E-state index in [0.29, 0.717) is 0 Å². The van der Waals surface area contributed by atoms with Gasteiger partial charge in [0.05, 0.1) is 11.3 Å². The van der Waals surface area contributed by atoms with Crippen molar-refractivity contribution in [3.8, 4) is 11.3 Å². The minimum absolute atomic E-state index is 0.0178. The quantitative estimate of drug-likeness (QED) is 0.850. The fraction of sp³-hybridized carbons (Fsp3) is 0.167. The van der Waals surface area contributed by atoms with Crippen molar-refractivity contribution in [3.05, 3.63) is 52.1 Å². The van der Waals surface area contributed by atoms with Gasteiger partial charge in [0, 0.05) is 11.6 Å². The van der Waals surface area contributed by atoms with Gasteiger partial charge in [-0.1, -0.05) is 18.2 Å². The van der Waals surface area contributed by atoms with Crippen LogP contribution in [0.15, 0.2) is 35.1 Å². The summed E-state index contributed by atoms with van der Waals surface area (Å²) in [6, 6.07) is 6.09. The van der Waals surface area contributed by atoms with E-state index in [4.69, 9.17) is 0 Å². The highest BCUT2D eigenvalue weighted by atomic mass is 19.4. The number of aromatic nitrogens is 2. The van der Waals surface area contributed by atoms with Crippen molar-refractivity contribution >= 4 is 0 Å². The Morgan fingerprint density at radius 3 is 2.50 bits per heavy atom. The third-order valence-electron chi connectivity index (χ3n) is 2.37. The van der Waals surface area contributed by atoms with Crippen LogP contribution in [0.4, 0.5) is 13.2 Å². The van der Waals surface area contributed by atoms with Gasteiger partial charge in [0.25, 0.3) is 5.56 Å². The molecule has 1 N–H and O–H groups in total. The summed E-state index contributed by atoms with van der Waals surface area (Å²) in [7, 11) is 0. The predicted molar refractivity (Wildman–Crippen MR) is 60.0 cm³/mol. The number of halogens is 3. The van der Waals surface area contributed by atoms with Crippen LogP contribution in [0.3, 0.4) is 0 Å². The number of hydrogen-bond acceptors (Lipinski definition) is 2. The molecule has 0 bridgehead atoms. The topological polar surface area (TPSA) is 45.8 Å². The van der Waals surface area contributed by atoms with Crippen LogP contribution >= 0.6 is 0 Å². The molecule has 6 heteroatoms. The van der Waals surface area contributed by atoms with Crippen LogP contribution in [0.5, 0.6) is 0 Å². The Kier molecular flexibility index (Phi) is 2.94. The number of H-pyrrole nitrogens is 1. The van der Waals surface area contributed by atoms with Crippen molar-refractivity contribution in [2.45, 2.75) is 13.1 Å². The lowest BCUT2D eigenvalue weighted by Gasteiger charge is -2.12. The molecule has 0 aliphatic heterocycles. The lowest BCUT2D eigenvalue weighted by Crippen LogP contribution is -2.11. The van der Waals surface area contributed by atoms with Gasteiger partial charge in [-0.3, -0.25) is 4.79 Å². The summed E-state index contributed by atoms with van der Waals surface area (Å²) in [5.74, 6) is 0.273. The van der Waals surface area contributed by atoms with Crippen molar-refractivity contribution in [3.63, 3.8) is 0 Å². The maximum atomic E-state index is 12.8. The van der Waals surface area contributed by atoms with Crippen molar-refractivity contribution in [1.82, 2.24) is 9.97 Å². The second-order valence-electron chi connectivity index (χ2n) is 3.76. The zero-order chi connectivity index (χ0) is 13.3. The molecule has 0 spiro atoms. The molecule has 0 saturated carbocycles. The molecule has 0 amide bonds. The number of nitrogens with zero attached hydrogens (tertiary/aromatic N) is 1. The molecular weight excluding hydrogens is 245 g/mol. The molecular formula is C12H9F3N2O. The zero-order valence-corrected chi connectivity index (χ0v) is 9.38. The summed E-state index contributed by atoms with van der Waals surface area (Å²) in [5.41, 5.74) is -1.36. The molecule has 0 aliphatic rings. The average Bonchev–Trinajstić information content (AvgIpc) is 2.26. The van der Waals surface area contributed by atoms with Crippen LogP contribution in [0.25, 0.3) is 11.3 Å². The summed E-state index contributed by atoms with van der Waals surface area (Å²) >= 11 is 0. The first-order valence-electron chi connectivity index (χ1n) is 5.12. The van der Waals surface area contributed by atoms with Crippen LogP contribution < -0.4 is 5.56 Å². The Balaban J connectivity index is 2.68. The molecule has 94 valence electrons. The van der Waals surface area contributed by atoms with Crippen LogP contribution in [0.1, 0.15) is 11.4 Å². The normalized spacial score (nSPS) is 11.6. The Labute approximate surface area is 100 Å². The lowest BCUT2D eigenvalue weighted by atomic mass is 10.0. The van der Waals surface area contributed by atoms with E-state index in [1.807, 2.05) is 0 Å². The number of nitrogens with one attached hydrogen (secondary N) is 1. The molecule has 1 heterocycles. The molecule has 0 unspecified atom stereocenters. The maximum absolute atomic E-state index is 12.8. The van der Waals surface area contributed by atoms with Crippen LogP contribution in [0.2, 0.25) is 0 Å². The van der Waals surface area contributed by atoms with Gasteiger partial charge in [-0.15, -0.1) is 0 Å². The third kappa shape index (κ3) is 2.42. The van der Waals surface area contributed by atoms with E-state index in [9.17, 15) is 18.0 Å². The highest BCUT2D eigenvalue weighted by molar-refractivity contribution is 5.64. The van der Waals surface area contributed by atoms with Crippen LogP contribution in [-0.4, -0.2) is 9.97 Å². The van der Waals surface area contributed by atoms with E-state index in [-0.39, 0.29) is 17.1 Å². The van der Waals surface area contributed by atoms with Crippen LogP contribution in [0, 0.1) is 6.92 Å². The molecule has 1 aromatic carbocycles. The van der Waals surface area contributed by atoms with Crippen LogP contribution in [-0.2, 0) is 6.18 Å². The Morgan fingerprint density at radius 1 is 1.22 bits per heavy atom. The van der Waals surface area contributed by atoms with Gasteiger partial charge in [0.1, 0.15) is 5.82 Å². The molecule has 2 rings (SSSR count). The first-order valence-corrected chi connectivity index (χ1v) is 5.12. The van der Waals surface area contributed by atoms with Gasteiger partial charge in [0.2, 0.25) is 0 Å². The van der Waals surface area contributed by atoms with Gasteiger partial charge < -0.3 is 4.98 Å². The fourth-order valence-corrected chi connectivity index (χ4v) is 1.67. The Bertz CT molecular complexity index is 632. The molecule has 0 fully saturated rings. The Morgan fingerprint density at radius 2 is 1.89 bits per heavy atom. The summed E-state index contributed by atoms with van der Waals surface area (Å²) in [6.07, 6.45) is -4.48. The smallest absolute Gasteiger partial charge is 0.311 e. The predicted octanol–water partition coefficient (Wildman–Crippen LogP) is 2.76. The highest BCUT2D eigenvalue weighted by Crippen LogP contribution is 2.35. The number of alkyl halides is 3. The Hall–Kier alpha value is -2.11. The number of benzene rings is 1. The van der Waals surface area contributed by atoms with Crippen molar-refractivity contribution < 1.29 is 13.2 Å². The molecule has 0 radical (unpaired) electrons. The third-order valence-corrected chi connectivity index (χ3v) is 2.37. The molecule has 0 aliphatic carbocycles. The van der Waals surface area contributed by atoms with E-state index in [1.54, 1.807) is 0 Å². The first kappa shape index (κ1) is 12.3. The SMILES string of the molecule is Cc1nc(-c2ccccc2C(F)(F)F)cc(=O)[nH]1. The first-order chi connectivity index (χ1) is 8.38. The summed E-state index contributed by atoms with van der Waals surface area (Å²) < 4.78 is 38.5. The molecule has 18 heavy (non-hydrogen) atoms. The van der Waals surface area contributed by atoms with Gasteiger partial charge in [-0.05, 0) is 13.0 Å². The molecule has 3 nitrogen and oxygen atoms in total. The number of rotatable bonds is 1. The average molecular weight is 254 g/mol. The largest absolute Gasteiger partial charge is 0.417 e. The molecule has 0 atom stereocenters. The fourth-order valence-electron chi connectivity index (χ4n) is 1.67. The second-order valence-corrected chi connectivity index (χ2v) is 3.76. The summed E-state index contributed by atoms with van der Waals surface area (Å²) in [4.78, 5) is 17.6. The van der Waals surface area contributed by atoms with E-state index >= 15 is 0 Å². The van der Waals surface area contributed by atoms with Gasteiger partial charge in [-0.25, -0.2) is 4.98 Å². The maximum Gasteiger partial charge on any atom is 0.417 e. The van der Waals surface area contributed by atoms with E-state index < -0.39 is 17.3 Å². The van der Waals surface area contributed by atoms with Crippen molar-refractivity contribution in [1.29, 1.82) is 0 Å². The standard InChI is InChI=1S/C12H9F3N2O/c1-7-16-10(6-11(18)17-7)8-4-2-3-5-9(8)12(13,14)15/h2-6H,1H3,(H,16,17,18). The molecule has 2 aromatic rings. The number of aryl methyl sites for hydroxylation is 1. The molecule has 0 saturated heterocycles. The monoisotopic (exact) mass is 254 g/mol. The second kappa shape index (κ2) is 4.29. The summed E-state index contributed by atoms with van der Waals surface area (Å²) in [5, 5.41) is 0. The van der Waals surface area contributed by atoms with E-state index in [2.05, 4.69) is 9.97 Å². The zero-order valence-electron chi connectivity index (χ0n) is 9.38. The van der Waals surface area contributed by atoms with E-state index in [0.717, 1.165) is 12.1 Å². The number of aromatic amines is 1. The minimum Gasteiger partial charge on any atom is -0.311 e. The summed E-state index contributed by atoms with van der Waals surface area (Å²) in [6.45, 7) is 1.51. The van der Waals surface area contributed by atoms with Gasteiger partial charge in [0.15, 0.2) is 0 Å². The minimum atomic E-state index is -4.48. The highest BCUT2D eigenvalue weighted by Gasteiger charge is 2.33. The van der Waals surface area contributed by atoms with Crippen molar-refractivity contribution in [2.75, 3.05) is 0 Å². The lowest BCUT2D eigenvalue weighted by molar-refractivity contribution is -0.137. The van der Waals surface area contributed by atoms with Gasteiger partial charge >= 0.3 is 6.18 Å². The van der Waals surface area contributed by atoms with Crippen molar-refractivity contribution in [2.24, 2.45) is 0 Å².